The Morgan fingerprint density at radius 2 is 1.44 bits per heavy atom. The molecule has 0 saturated carbocycles. The summed E-state index contributed by atoms with van der Waals surface area (Å²) < 4.78 is 102. The Bertz CT molecular complexity index is 879. The van der Waals surface area contributed by atoms with Crippen LogP contribution in [0.1, 0.15) is 11.1 Å². The molecule has 0 unspecified atom stereocenters. The number of hydrogen-bond donors (Lipinski definition) is 1. The number of anilines is 1. The lowest BCUT2D eigenvalue weighted by Crippen LogP contribution is -2.19. The number of rotatable bonds is 3. The van der Waals surface area contributed by atoms with Gasteiger partial charge >= 0.3 is 12.4 Å². The van der Waals surface area contributed by atoms with Crippen LogP contribution in [-0.4, -0.2) is 13.4 Å². The Morgan fingerprint density at radius 1 is 0.920 bits per heavy atom. The molecule has 136 valence electrons. The summed E-state index contributed by atoms with van der Waals surface area (Å²) in [6, 6.07) is 4.56. The van der Waals surface area contributed by atoms with Gasteiger partial charge in [-0.3, -0.25) is 4.72 Å². The van der Waals surface area contributed by atoms with Gasteiger partial charge in [0.15, 0.2) is 0 Å². The van der Waals surface area contributed by atoms with Crippen LogP contribution in [0.5, 0.6) is 0 Å². The van der Waals surface area contributed by atoms with Crippen LogP contribution in [0.25, 0.3) is 0 Å². The Hall–Kier alpha value is -2.01. The number of nitrogens with zero attached hydrogens (tertiary/aromatic N) is 1. The van der Waals surface area contributed by atoms with Gasteiger partial charge in [0.2, 0.25) is 0 Å². The van der Waals surface area contributed by atoms with Crippen LogP contribution in [0.3, 0.4) is 0 Å². The van der Waals surface area contributed by atoms with Gasteiger partial charge in [-0.1, -0.05) is 11.6 Å². The van der Waals surface area contributed by atoms with E-state index in [9.17, 15) is 34.8 Å². The highest BCUT2D eigenvalue weighted by molar-refractivity contribution is 7.92. The van der Waals surface area contributed by atoms with E-state index in [2.05, 4.69) is 4.98 Å². The van der Waals surface area contributed by atoms with Crippen LogP contribution in [0.15, 0.2) is 41.4 Å². The molecular formula is C13H7ClF6N2O2S. The summed E-state index contributed by atoms with van der Waals surface area (Å²) in [6.45, 7) is 0. The third-order valence-electron chi connectivity index (χ3n) is 2.88. The first-order valence-electron chi connectivity index (χ1n) is 6.23. The monoisotopic (exact) mass is 404 g/mol. The number of benzene rings is 1. The molecule has 2 aromatic rings. The molecular weight excluding hydrogens is 398 g/mol. The maximum Gasteiger partial charge on any atom is 0.418 e. The zero-order valence-electron chi connectivity index (χ0n) is 11.8. The molecule has 1 aromatic carbocycles. The van der Waals surface area contributed by atoms with Crippen molar-refractivity contribution in [1.82, 2.24) is 4.98 Å². The van der Waals surface area contributed by atoms with Crippen molar-refractivity contribution >= 4 is 27.4 Å². The quantitative estimate of drug-likeness (QED) is 0.762. The van der Waals surface area contributed by atoms with Crippen molar-refractivity contribution in [2.24, 2.45) is 0 Å². The minimum Gasteiger partial charge on any atom is -0.263 e. The van der Waals surface area contributed by atoms with Crippen LogP contribution in [-0.2, 0) is 22.4 Å². The van der Waals surface area contributed by atoms with Gasteiger partial charge in [0.25, 0.3) is 10.0 Å². The van der Waals surface area contributed by atoms with Crippen molar-refractivity contribution in [2.45, 2.75) is 17.2 Å². The lowest BCUT2D eigenvalue weighted by Gasteiger charge is -2.16. The molecule has 1 N–H and O–H groups in total. The number of alkyl halides is 6. The van der Waals surface area contributed by atoms with E-state index in [0.29, 0.717) is 0 Å². The van der Waals surface area contributed by atoms with E-state index in [1.807, 2.05) is 0 Å². The number of aromatic nitrogens is 1. The number of nitrogens with one attached hydrogen (secondary N) is 1. The molecule has 1 aromatic heterocycles. The van der Waals surface area contributed by atoms with Crippen LogP contribution in [0.2, 0.25) is 5.02 Å². The predicted molar refractivity (Wildman–Crippen MR) is 76.5 cm³/mol. The maximum absolute atomic E-state index is 12.8. The molecule has 1 heterocycles. The van der Waals surface area contributed by atoms with E-state index >= 15 is 0 Å². The Morgan fingerprint density at radius 3 is 1.92 bits per heavy atom. The topological polar surface area (TPSA) is 59.1 Å². The fourth-order valence-corrected chi connectivity index (χ4v) is 2.91. The molecule has 0 bridgehead atoms. The molecule has 0 spiro atoms. The molecule has 12 heteroatoms. The van der Waals surface area contributed by atoms with Gasteiger partial charge in [0, 0.05) is 11.2 Å². The highest BCUT2D eigenvalue weighted by Gasteiger charge is 2.43. The van der Waals surface area contributed by atoms with Crippen LogP contribution >= 0.6 is 11.6 Å². The largest absolute Gasteiger partial charge is 0.418 e. The highest BCUT2D eigenvalue weighted by Crippen LogP contribution is 2.40. The molecule has 0 amide bonds. The second-order valence-electron chi connectivity index (χ2n) is 4.67. The van der Waals surface area contributed by atoms with E-state index < -0.39 is 39.3 Å². The number of sulfonamides is 1. The summed E-state index contributed by atoms with van der Waals surface area (Å²) in [6.07, 6.45) is -10.7. The smallest absolute Gasteiger partial charge is 0.263 e. The predicted octanol–water partition coefficient (Wildman–Crippen LogP) is 4.57. The van der Waals surface area contributed by atoms with Gasteiger partial charge in [-0.05, 0) is 30.3 Å². The average molecular weight is 405 g/mol. The summed E-state index contributed by atoms with van der Waals surface area (Å²) in [7, 11) is -4.36. The molecule has 25 heavy (non-hydrogen) atoms. The van der Waals surface area contributed by atoms with E-state index in [0.717, 1.165) is 12.1 Å². The summed E-state index contributed by atoms with van der Waals surface area (Å²) in [4.78, 5) is 2.76. The lowest BCUT2D eigenvalue weighted by molar-refractivity contribution is -0.162. The number of hydrogen-bond acceptors (Lipinski definition) is 3. The first-order chi connectivity index (χ1) is 11.3. The van der Waals surface area contributed by atoms with Crippen LogP contribution in [0.4, 0.5) is 32.2 Å². The van der Waals surface area contributed by atoms with Gasteiger partial charge in [-0.15, -0.1) is 0 Å². The first-order valence-corrected chi connectivity index (χ1v) is 8.09. The first kappa shape index (κ1) is 19.3. The van der Waals surface area contributed by atoms with Gasteiger partial charge in [-0.2, -0.15) is 26.3 Å². The van der Waals surface area contributed by atoms with Crippen LogP contribution < -0.4 is 4.72 Å². The standard InChI is InChI=1S/C13H7ClF6N2O2S/c14-7-1-3-8(4-2-7)25(23,24)22-11-5-9(12(15,16)17)10(6-21-11)13(18,19)20/h1-6H,(H,21,22). The zero-order valence-corrected chi connectivity index (χ0v) is 13.4. The third kappa shape index (κ3) is 4.54. The minimum atomic E-state index is -5.35. The summed E-state index contributed by atoms with van der Waals surface area (Å²) in [5.41, 5.74) is -4.07. The summed E-state index contributed by atoms with van der Waals surface area (Å²) >= 11 is 5.59. The molecule has 0 aliphatic heterocycles. The second-order valence-corrected chi connectivity index (χ2v) is 6.79. The minimum absolute atomic E-state index is 0.0176. The van der Waals surface area contributed by atoms with Crippen molar-refractivity contribution in [3.05, 3.63) is 52.7 Å². The van der Waals surface area contributed by atoms with Gasteiger partial charge in [0.1, 0.15) is 5.82 Å². The number of pyridine rings is 1. The second kappa shape index (κ2) is 6.37. The number of halogens is 7. The van der Waals surface area contributed by atoms with Gasteiger partial charge in [0.05, 0.1) is 16.0 Å². The Kier molecular flexibility index (Phi) is 4.92. The third-order valence-corrected chi connectivity index (χ3v) is 4.50. The van der Waals surface area contributed by atoms with E-state index in [1.54, 1.807) is 4.72 Å². The highest BCUT2D eigenvalue weighted by atomic mass is 35.5. The van der Waals surface area contributed by atoms with Crippen molar-refractivity contribution in [1.29, 1.82) is 0 Å². The Balaban J connectivity index is 2.45. The van der Waals surface area contributed by atoms with E-state index in [4.69, 9.17) is 11.6 Å². The van der Waals surface area contributed by atoms with Crippen molar-refractivity contribution in [3.63, 3.8) is 0 Å². The lowest BCUT2D eigenvalue weighted by atomic mass is 10.1. The zero-order chi connectivity index (χ0) is 19.0. The van der Waals surface area contributed by atoms with Crippen LogP contribution in [0, 0.1) is 0 Å². The van der Waals surface area contributed by atoms with Crippen molar-refractivity contribution in [3.8, 4) is 0 Å². The molecule has 0 saturated heterocycles. The van der Waals surface area contributed by atoms with Crippen molar-refractivity contribution in [2.75, 3.05) is 4.72 Å². The molecule has 0 aliphatic rings. The average Bonchev–Trinajstić information content (AvgIpc) is 2.45. The maximum atomic E-state index is 12.8. The summed E-state index contributed by atoms with van der Waals surface area (Å²) in [5, 5.41) is 0.214. The normalized spacial score (nSPS) is 12.9. The fraction of sp³-hybridized carbons (Fsp3) is 0.154. The van der Waals surface area contributed by atoms with Gasteiger partial charge < -0.3 is 0 Å². The van der Waals surface area contributed by atoms with Gasteiger partial charge in [-0.25, -0.2) is 13.4 Å². The Labute approximate surface area is 142 Å². The van der Waals surface area contributed by atoms with E-state index in [-0.39, 0.29) is 22.2 Å². The molecule has 0 radical (unpaired) electrons. The molecule has 4 nitrogen and oxygen atoms in total. The van der Waals surface area contributed by atoms with E-state index in [1.165, 1.54) is 12.1 Å². The fourth-order valence-electron chi connectivity index (χ4n) is 1.78. The molecule has 2 rings (SSSR count). The molecule has 0 atom stereocenters. The van der Waals surface area contributed by atoms with Crippen molar-refractivity contribution < 1.29 is 34.8 Å². The summed E-state index contributed by atoms with van der Waals surface area (Å²) in [5.74, 6) is -0.907. The molecule has 0 fully saturated rings. The SMILES string of the molecule is O=S(=O)(Nc1cc(C(F)(F)F)c(C(F)(F)F)cn1)c1ccc(Cl)cc1. The molecule has 0 aliphatic carbocycles.